The molecule has 0 amide bonds. The standard InChI is InChI=1S/C14H19BBrNO2S/c1-13(2)14(3,4)19-15(18-13)11(9-20)5-10-6-12(16)8-17-7-10/h5-8,20H,9H2,1-4H3. The van der Waals surface area contributed by atoms with Crippen LogP contribution < -0.4 is 0 Å². The molecule has 1 aliphatic heterocycles. The Morgan fingerprint density at radius 2 is 1.90 bits per heavy atom. The summed E-state index contributed by atoms with van der Waals surface area (Å²) < 4.78 is 13.0. The van der Waals surface area contributed by atoms with E-state index >= 15 is 0 Å². The number of nitrogens with zero attached hydrogens (tertiary/aromatic N) is 1. The Labute approximate surface area is 134 Å². The lowest BCUT2D eigenvalue weighted by Crippen LogP contribution is -2.41. The third-order valence-corrected chi connectivity index (χ3v) is 4.62. The first-order chi connectivity index (χ1) is 9.25. The maximum Gasteiger partial charge on any atom is 0.491 e. The second-order valence-electron chi connectivity index (χ2n) is 5.90. The Kier molecular flexibility index (Phi) is 4.69. The summed E-state index contributed by atoms with van der Waals surface area (Å²) in [6.07, 6.45) is 5.58. The zero-order valence-electron chi connectivity index (χ0n) is 12.2. The van der Waals surface area contributed by atoms with Crippen LogP contribution in [0, 0.1) is 0 Å². The first-order valence-electron chi connectivity index (χ1n) is 6.53. The summed E-state index contributed by atoms with van der Waals surface area (Å²) in [6, 6.07) is 2.00. The van der Waals surface area contributed by atoms with Crippen LogP contribution in [0.2, 0.25) is 0 Å². The molecular formula is C14H19BBrNO2S. The second kappa shape index (κ2) is 5.83. The van der Waals surface area contributed by atoms with Crippen molar-refractivity contribution in [1.82, 2.24) is 4.98 Å². The van der Waals surface area contributed by atoms with Gasteiger partial charge < -0.3 is 9.31 Å². The summed E-state index contributed by atoms with van der Waals surface area (Å²) in [5, 5.41) is 0. The van der Waals surface area contributed by atoms with Gasteiger partial charge in [0.2, 0.25) is 0 Å². The molecule has 3 nitrogen and oxygen atoms in total. The van der Waals surface area contributed by atoms with Gasteiger partial charge in [-0.15, -0.1) is 0 Å². The quantitative estimate of drug-likeness (QED) is 0.661. The zero-order valence-corrected chi connectivity index (χ0v) is 14.7. The highest BCUT2D eigenvalue weighted by Crippen LogP contribution is 2.39. The number of pyridine rings is 1. The number of hydrogen-bond acceptors (Lipinski definition) is 4. The van der Waals surface area contributed by atoms with Crippen molar-refractivity contribution in [3.63, 3.8) is 0 Å². The number of thiol groups is 1. The first-order valence-corrected chi connectivity index (χ1v) is 7.95. The van der Waals surface area contributed by atoms with E-state index in [1.54, 1.807) is 12.4 Å². The van der Waals surface area contributed by atoms with Crippen molar-refractivity contribution >= 4 is 41.8 Å². The van der Waals surface area contributed by atoms with Gasteiger partial charge in [-0.1, -0.05) is 6.08 Å². The minimum Gasteiger partial charge on any atom is -0.400 e. The highest BCUT2D eigenvalue weighted by Gasteiger charge is 2.52. The van der Waals surface area contributed by atoms with Gasteiger partial charge >= 0.3 is 7.12 Å². The highest BCUT2D eigenvalue weighted by atomic mass is 79.9. The van der Waals surface area contributed by atoms with Crippen molar-refractivity contribution < 1.29 is 9.31 Å². The lowest BCUT2D eigenvalue weighted by Gasteiger charge is -2.32. The molecule has 0 saturated carbocycles. The minimum absolute atomic E-state index is 0.338. The number of aromatic nitrogens is 1. The molecular weight excluding hydrogens is 337 g/mol. The maximum absolute atomic E-state index is 6.05. The summed E-state index contributed by atoms with van der Waals surface area (Å²) in [5.74, 6) is 0.573. The Balaban J connectivity index is 2.26. The highest BCUT2D eigenvalue weighted by molar-refractivity contribution is 9.10. The molecule has 1 fully saturated rings. The van der Waals surface area contributed by atoms with E-state index in [2.05, 4.69) is 33.5 Å². The fourth-order valence-corrected chi connectivity index (χ4v) is 2.53. The second-order valence-corrected chi connectivity index (χ2v) is 7.13. The SMILES string of the molecule is CC1(C)OB(C(=Cc2cncc(Br)c2)CS)OC1(C)C. The van der Waals surface area contributed by atoms with Gasteiger partial charge in [0.15, 0.2) is 0 Å². The fraction of sp³-hybridized carbons (Fsp3) is 0.500. The van der Waals surface area contributed by atoms with E-state index in [-0.39, 0.29) is 18.3 Å². The average molecular weight is 356 g/mol. The van der Waals surface area contributed by atoms with Crippen LogP contribution in [0.25, 0.3) is 6.08 Å². The molecule has 0 aliphatic carbocycles. The molecule has 0 aromatic carbocycles. The Hall–Kier alpha value is -0.295. The van der Waals surface area contributed by atoms with Crippen LogP contribution in [0.15, 0.2) is 28.4 Å². The molecule has 2 heterocycles. The lowest BCUT2D eigenvalue weighted by atomic mass is 9.78. The van der Waals surface area contributed by atoms with E-state index in [0.29, 0.717) is 5.75 Å². The topological polar surface area (TPSA) is 31.4 Å². The molecule has 0 N–H and O–H groups in total. The smallest absolute Gasteiger partial charge is 0.400 e. The van der Waals surface area contributed by atoms with Crippen LogP contribution >= 0.6 is 28.6 Å². The van der Waals surface area contributed by atoms with Crippen molar-refractivity contribution in [2.24, 2.45) is 0 Å². The van der Waals surface area contributed by atoms with Gasteiger partial charge in [-0.3, -0.25) is 4.98 Å². The average Bonchev–Trinajstić information content (AvgIpc) is 2.55. The predicted molar refractivity (Wildman–Crippen MR) is 89.8 cm³/mol. The molecule has 6 heteroatoms. The normalized spacial score (nSPS) is 21.3. The Bertz CT molecular complexity index is 518. The van der Waals surface area contributed by atoms with Crippen molar-refractivity contribution in [2.45, 2.75) is 38.9 Å². The summed E-state index contributed by atoms with van der Waals surface area (Å²) in [6.45, 7) is 8.18. The van der Waals surface area contributed by atoms with E-state index in [1.165, 1.54) is 0 Å². The van der Waals surface area contributed by atoms with Crippen LogP contribution in [0.4, 0.5) is 0 Å². The van der Waals surface area contributed by atoms with Gasteiger partial charge in [0.05, 0.1) is 11.2 Å². The molecule has 108 valence electrons. The lowest BCUT2D eigenvalue weighted by molar-refractivity contribution is 0.00578. The monoisotopic (exact) mass is 355 g/mol. The predicted octanol–water partition coefficient (Wildman–Crippen LogP) is 3.79. The van der Waals surface area contributed by atoms with Crippen LogP contribution in [0.1, 0.15) is 33.3 Å². The molecule has 1 aromatic rings. The maximum atomic E-state index is 6.05. The van der Waals surface area contributed by atoms with E-state index in [1.807, 2.05) is 39.8 Å². The van der Waals surface area contributed by atoms with Gasteiger partial charge in [-0.05, 0) is 60.7 Å². The van der Waals surface area contributed by atoms with Crippen molar-refractivity contribution in [3.8, 4) is 0 Å². The van der Waals surface area contributed by atoms with Gasteiger partial charge in [-0.25, -0.2) is 0 Å². The molecule has 2 rings (SSSR count). The Morgan fingerprint density at radius 3 is 2.40 bits per heavy atom. The van der Waals surface area contributed by atoms with Crippen molar-refractivity contribution in [2.75, 3.05) is 5.75 Å². The van der Waals surface area contributed by atoms with Crippen LogP contribution in [-0.4, -0.2) is 29.1 Å². The molecule has 0 atom stereocenters. The molecule has 1 saturated heterocycles. The van der Waals surface area contributed by atoms with Crippen molar-refractivity contribution in [3.05, 3.63) is 34.0 Å². The summed E-state index contributed by atoms with van der Waals surface area (Å²) >= 11 is 7.82. The minimum atomic E-state index is -0.364. The van der Waals surface area contributed by atoms with Gasteiger partial charge in [0.25, 0.3) is 0 Å². The van der Waals surface area contributed by atoms with Crippen LogP contribution in [0.5, 0.6) is 0 Å². The fourth-order valence-electron chi connectivity index (χ4n) is 1.90. The molecule has 1 aromatic heterocycles. The van der Waals surface area contributed by atoms with E-state index < -0.39 is 0 Å². The third kappa shape index (κ3) is 3.30. The number of hydrogen-bond donors (Lipinski definition) is 1. The van der Waals surface area contributed by atoms with Crippen molar-refractivity contribution in [1.29, 1.82) is 0 Å². The van der Waals surface area contributed by atoms with Gasteiger partial charge in [-0.2, -0.15) is 12.6 Å². The zero-order chi connectivity index (χ0) is 15.0. The molecule has 0 unspecified atom stereocenters. The summed E-state index contributed by atoms with van der Waals surface area (Å²) in [5.41, 5.74) is 1.31. The van der Waals surface area contributed by atoms with E-state index in [4.69, 9.17) is 9.31 Å². The molecule has 20 heavy (non-hydrogen) atoms. The summed E-state index contributed by atoms with van der Waals surface area (Å²) in [4.78, 5) is 4.16. The molecule has 0 radical (unpaired) electrons. The number of halogens is 1. The third-order valence-electron chi connectivity index (χ3n) is 3.82. The van der Waals surface area contributed by atoms with Crippen LogP contribution in [0.3, 0.4) is 0 Å². The first kappa shape index (κ1) is 16.1. The molecule has 0 bridgehead atoms. The van der Waals surface area contributed by atoms with Gasteiger partial charge in [0, 0.05) is 22.6 Å². The largest absolute Gasteiger partial charge is 0.491 e. The number of rotatable bonds is 3. The molecule has 0 spiro atoms. The molecule has 1 aliphatic rings. The Morgan fingerprint density at radius 1 is 1.30 bits per heavy atom. The summed E-state index contributed by atoms with van der Waals surface area (Å²) in [7, 11) is -0.364. The van der Waals surface area contributed by atoms with Crippen LogP contribution in [-0.2, 0) is 9.31 Å². The van der Waals surface area contributed by atoms with Gasteiger partial charge in [0.1, 0.15) is 0 Å². The van der Waals surface area contributed by atoms with E-state index in [9.17, 15) is 0 Å². The van der Waals surface area contributed by atoms with E-state index in [0.717, 1.165) is 15.5 Å².